The highest BCUT2D eigenvalue weighted by atomic mass is 79.9. The standard InChI is InChI=1S/C25H23BrN2O3S/c1-15-3-2-10-28(12-15)13-20-22(29)9-6-17-11-19(25(30)31-23(17)20)24-27-21(14-32-24)16-4-7-18(26)8-5-16/h4-9,11,14-15,29H,2-3,10,12-13H2,1H3/t15-/m1/s1. The van der Waals surface area contributed by atoms with E-state index in [-0.39, 0.29) is 5.75 Å². The Morgan fingerprint density at radius 2 is 2.06 bits per heavy atom. The Labute approximate surface area is 198 Å². The molecule has 2 aromatic carbocycles. The van der Waals surface area contributed by atoms with Crippen LogP contribution in [-0.2, 0) is 6.54 Å². The molecule has 5 rings (SSSR count). The lowest BCUT2D eigenvalue weighted by Crippen LogP contribution is -2.33. The monoisotopic (exact) mass is 510 g/mol. The number of benzene rings is 2. The van der Waals surface area contributed by atoms with Crippen molar-refractivity contribution in [1.29, 1.82) is 0 Å². The van der Waals surface area contributed by atoms with E-state index in [1.807, 2.05) is 35.7 Å². The van der Waals surface area contributed by atoms with E-state index >= 15 is 0 Å². The second kappa shape index (κ2) is 8.81. The Morgan fingerprint density at radius 3 is 2.84 bits per heavy atom. The van der Waals surface area contributed by atoms with Crippen molar-refractivity contribution in [2.45, 2.75) is 26.3 Å². The number of aromatic nitrogens is 1. The fourth-order valence-electron chi connectivity index (χ4n) is 4.34. The highest BCUT2D eigenvalue weighted by Crippen LogP contribution is 2.33. The predicted octanol–water partition coefficient (Wildman–Crippen LogP) is 6.28. The van der Waals surface area contributed by atoms with E-state index in [0.717, 1.165) is 40.6 Å². The van der Waals surface area contributed by atoms with Gasteiger partial charge in [-0.1, -0.05) is 35.0 Å². The van der Waals surface area contributed by atoms with Crippen molar-refractivity contribution in [2.24, 2.45) is 5.92 Å². The molecular weight excluding hydrogens is 488 g/mol. The van der Waals surface area contributed by atoms with E-state index in [4.69, 9.17) is 4.42 Å². The summed E-state index contributed by atoms with van der Waals surface area (Å²) in [6, 6.07) is 13.2. The summed E-state index contributed by atoms with van der Waals surface area (Å²) in [7, 11) is 0. The summed E-state index contributed by atoms with van der Waals surface area (Å²) in [5, 5.41) is 13.9. The highest BCUT2D eigenvalue weighted by Gasteiger charge is 2.21. The van der Waals surface area contributed by atoms with E-state index in [0.29, 0.717) is 34.2 Å². The van der Waals surface area contributed by atoms with Gasteiger partial charge in [0.1, 0.15) is 16.3 Å². The number of aromatic hydroxyl groups is 1. The topological polar surface area (TPSA) is 66.6 Å². The molecule has 7 heteroatoms. The van der Waals surface area contributed by atoms with Gasteiger partial charge in [-0.05, 0) is 55.6 Å². The van der Waals surface area contributed by atoms with Crippen LogP contribution in [0, 0.1) is 5.92 Å². The third kappa shape index (κ3) is 4.25. The van der Waals surface area contributed by atoms with Gasteiger partial charge in [-0.2, -0.15) is 0 Å². The van der Waals surface area contributed by atoms with E-state index in [2.05, 4.69) is 32.7 Å². The average Bonchev–Trinajstić information content (AvgIpc) is 3.26. The molecular formula is C25H23BrN2O3S. The molecule has 1 aliphatic heterocycles. The second-order valence-electron chi connectivity index (χ2n) is 8.46. The van der Waals surface area contributed by atoms with E-state index in [9.17, 15) is 9.90 Å². The molecule has 3 heterocycles. The second-order valence-corrected chi connectivity index (χ2v) is 10.2. The molecule has 0 unspecified atom stereocenters. The molecule has 0 spiro atoms. The van der Waals surface area contributed by atoms with Crippen molar-refractivity contribution < 1.29 is 9.52 Å². The van der Waals surface area contributed by atoms with Crippen molar-refractivity contribution in [1.82, 2.24) is 9.88 Å². The summed E-state index contributed by atoms with van der Waals surface area (Å²) in [6.07, 6.45) is 2.37. The number of thiazole rings is 1. The van der Waals surface area contributed by atoms with Gasteiger partial charge in [-0.3, -0.25) is 4.90 Å². The first-order valence-electron chi connectivity index (χ1n) is 10.7. The SMILES string of the molecule is C[C@@H]1CCCN(Cc2c(O)ccc3cc(-c4nc(-c5ccc(Br)cc5)cs4)c(=O)oc23)C1. The molecule has 0 saturated carbocycles. The van der Waals surface area contributed by atoms with Crippen molar-refractivity contribution >= 4 is 38.2 Å². The Morgan fingerprint density at radius 1 is 1.25 bits per heavy atom. The molecule has 1 aliphatic rings. The zero-order valence-corrected chi connectivity index (χ0v) is 20.1. The summed E-state index contributed by atoms with van der Waals surface area (Å²) in [5.41, 5.74) is 2.95. The van der Waals surface area contributed by atoms with Crippen LogP contribution in [0.25, 0.3) is 32.8 Å². The normalized spacial score (nSPS) is 17.1. The number of phenolic OH excluding ortho intramolecular Hbond substituents is 1. The van der Waals surface area contributed by atoms with Crippen molar-refractivity contribution in [2.75, 3.05) is 13.1 Å². The van der Waals surface area contributed by atoms with Crippen LogP contribution in [0.3, 0.4) is 0 Å². The molecule has 1 N–H and O–H groups in total. The Bertz CT molecular complexity index is 1330. The molecule has 0 bridgehead atoms. The maximum Gasteiger partial charge on any atom is 0.346 e. The highest BCUT2D eigenvalue weighted by molar-refractivity contribution is 9.10. The van der Waals surface area contributed by atoms with E-state index < -0.39 is 5.63 Å². The van der Waals surface area contributed by atoms with Crippen LogP contribution >= 0.6 is 27.3 Å². The third-order valence-electron chi connectivity index (χ3n) is 5.98. The lowest BCUT2D eigenvalue weighted by Gasteiger charge is -2.31. The average molecular weight is 511 g/mol. The van der Waals surface area contributed by atoms with Gasteiger partial charge in [0, 0.05) is 33.9 Å². The van der Waals surface area contributed by atoms with Crippen LogP contribution in [0.5, 0.6) is 5.75 Å². The summed E-state index contributed by atoms with van der Waals surface area (Å²) in [4.78, 5) is 19.9. The molecule has 32 heavy (non-hydrogen) atoms. The molecule has 164 valence electrons. The maximum absolute atomic E-state index is 12.9. The molecule has 4 aromatic rings. The Kier molecular flexibility index (Phi) is 5.88. The summed E-state index contributed by atoms with van der Waals surface area (Å²) in [5.74, 6) is 0.794. The number of phenols is 1. The molecule has 0 radical (unpaired) electrons. The lowest BCUT2D eigenvalue weighted by atomic mass is 9.99. The smallest absolute Gasteiger partial charge is 0.346 e. The van der Waals surface area contributed by atoms with Gasteiger partial charge in [0.25, 0.3) is 0 Å². The van der Waals surface area contributed by atoms with Gasteiger partial charge in [-0.25, -0.2) is 9.78 Å². The van der Waals surface area contributed by atoms with Crippen molar-refractivity contribution in [3.05, 3.63) is 68.3 Å². The van der Waals surface area contributed by atoms with Crippen LogP contribution in [-0.4, -0.2) is 28.1 Å². The number of fused-ring (bicyclic) bond motifs is 1. The predicted molar refractivity (Wildman–Crippen MR) is 132 cm³/mol. The zero-order chi connectivity index (χ0) is 22.2. The van der Waals surface area contributed by atoms with Crippen molar-refractivity contribution in [3.8, 4) is 27.6 Å². The van der Waals surface area contributed by atoms with Gasteiger partial charge in [0.15, 0.2) is 0 Å². The molecule has 5 nitrogen and oxygen atoms in total. The summed E-state index contributed by atoms with van der Waals surface area (Å²) < 4.78 is 6.78. The number of hydrogen-bond acceptors (Lipinski definition) is 6. The minimum absolute atomic E-state index is 0.165. The quantitative estimate of drug-likeness (QED) is 0.327. The van der Waals surface area contributed by atoms with Crippen LogP contribution in [0.15, 0.2) is 61.5 Å². The maximum atomic E-state index is 12.9. The van der Waals surface area contributed by atoms with Gasteiger partial charge < -0.3 is 9.52 Å². The van der Waals surface area contributed by atoms with Gasteiger partial charge >= 0.3 is 5.63 Å². The minimum atomic E-state index is -0.437. The first-order chi connectivity index (χ1) is 15.5. The molecule has 1 saturated heterocycles. The van der Waals surface area contributed by atoms with Crippen LogP contribution in [0.2, 0.25) is 0 Å². The molecule has 1 fully saturated rings. The third-order valence-corrected chi connectivity index (χ3v) is 7.38. The molecule has 2 aromatic heterocycles. The first-order valence-corrected chi connectivity index (χ1v) is 12.4. The fraction of sp³-hybridized carbons (Fsp3) is 0.280. The Balaban J connectivity index is 1.51. The molecule has 0 aliphatic carbocycles. The number of nitrogens with zero attached hydrogens (tertiary/aromatic N) is 2. The van der Waals surface area contributed by atoms with Crippen LogP contribution in [0.1, 0.15) is 25.3 Å². The van der Waals surface area contributed by atoms with Crippen molar-refractivity contribution in [3.63, 3.8) is 0 Å². The largest absolute Gasteiger partial charge is 0.507 e. The fourth-order valence-corrected chi connectivity index (χ4v) is 5.43. The van der Waals surface area contributed by atoms with Gasteiger partial charge in [-0.15, -0.1) is 11.3 Å². The van der Waals surface area contributed by atoms with Gasteiger partial charge in [0.2, 0.25) is 0 Å². The number of hydrogen-bond donors (Lipinski definition) is 1. The molecule has 1 atom stereocenters. The molecule has 0 amide bonds. The summed E-state index contributed by atoms with van der Waals surface area (Å²) >= 11 is 4.87. The van der Waals surface area contributed by atoms with Gasteiger partial charge in [0.05, 0.1) is 16.8 Å². The van der Waals surface area contributed by atoms with Crippen LogP contribution < -0.4 is 5.63 Å². The first kappa shape index (κ1) is 21.4. The van der Waals surface area contributed by atoms with E-state index in [1.165, 1.54) is 17.8 Å². The van der Waals surface area contributed by atoms with Crippen LogP contribution in [0.4, 0.5) is 0 Å². The summed E-state index contributed by atoms with van der Waals surface area (Å²) in [6.45, 7) is 4.79. The minimum Gasteiger partial charge on any atom is -0.507 e. The lowest BCUT2D eigenvalue weighted by molar-refractivity contribution is 0.175. The number of halogens is 1. The number of likely N-dealkylation sites (tertiary alicyclic amines) is 1. The zero-order valence-electron chi connectivity index (χ0n) is 17.7. The number of rotatable bonds is 4. The number of piperidine rings is 1. The Hall–Kier alpha value is -2.48. The van der Waals surface area contributed by atoms with E-state index in [1.54, 1.807) is 12.1 Å².